The van der Waals surface area contributed by atoms with Gasteiger partial charge in [0.1, 0.15) is 6.04 Å². The number of primary amides is 1. The van der Waals surface area contributed by atoms with E-state index in [-0.39, 0.29) is 25.5 Å². The average molecular weight is 264 g/mol. The summed E-state index contributed by atoms with van der Waals surface area (Å²) in [6.45, 7) is 0.570. The van der Waals surface area contributed by atoms with Gasteiger partial charge in [0.25, 0.3) is 0 Å². The molecule has 1 rings (SSSR count). The number of ether oxygens (including phenoxy) is 1. The molecule has 0 aromatic carbocycles. The van der Waals surface area contributed by atoms with Crippen molar-refractivity contribution in [2.45, 2.75) is 12.5 Å². The van der Waals surface area contributed by atoms with E-state index in [0.29, 0.717) is 6.61 Å². The van der Waals surface area contributed by atoms with E-state index in [4.69, 9.17) is 22.1 Å². The number of urea groups is 1. The van der Waals surface area contributed by atoms with Gasteiger partial charge in [0.15, 0.2) is 0 Å². The van der Waals surface area contributed by atoms with Crippen LogP contribution in [0.1, 0.15) is 6.42 Å². The minimum atomic E-state index is -0.840. The molecule has 7 nitrogen and oxygen atoms in total. The second kappa shape index (κ2) is 6.41. The SMILES string of the molecule is NC(=O)C1COCCN1C(=O)NC(=O)CCCl. The quantitative estimate of drug-likeness (QED) is 0.640. The fourth-order valence-corrected chi connectivity index (χ4v) is 1.59. The van der Waals surface area contributed by atoms with Crippen LogP contribution in [0, 0.1) is 0 Å². The molecule has 0 bridgehead atoms. The van der Waals surface area contributed by atoms with Crippen LogP contribution in [0.25, 0.3) is 0 Å². The van der Waals surface area contributed by atoms with Gasteiger partial charge in [-0.15, -0.1) is 11.6 Å². The van der Waals surface area contributed by atoms with Crippen molar-refractivity contribution in [2.24, 2.45) is 5.73 Å². The number of alkyl halides is 1. The number of amides is 4. The Bertz CT molecular complexity index is 323. The Morgan fingerprint density at radius 2 is 2.18 bits per heavy atom. The van der Waals surface area contributed by atoms with Gasteiger partial charge in [-0.2, -0.15) is 0 Å². The van der Waals surface area contributed by atoms with E-state index in [1.165, 1.54) is 4.90 Å². The van der Waals surface area contributed by atoms with Crippen LogP contribution in [0.5, 0.6) is 0 Å². The molecule has 1 saturated heterocycles. The third-order valence-corrected chi connectivity index (χ3v) is 2.47. The Labute approximate surface area is 103 Å². The molecule has 1 unspecified atom stereocenters. The second-order valence-corrected chi connectivity index (χ2v) is 3.86. The smallest absolute Gasteiger partial charge is 0.324 e. The molecule has 0 aliphatic carbocycles. The van der Waals surface area contributed by atoms with Gasteiger partial charge in [-0.3, -0.25) is 14.9 Å². The van der Waals surface area contributed by atoms with Crippen molar-refractivity contribution in [2.75, 3.05) is 25.6 Å². The van der Waals surface area contributed by atoms with E-state index in [2.05, 4.69) is 5.32 Å². The van der Waals surface area contributed by atoms with Crippen LogP contribution in [-0.2, 0) is 14.3 Å². The van der Waals surface area contributed by atoms with Crippen molar-refractivity contribution in [3.05, 3.63) is 0 Å². The van der Waals surface area contributed by atoms with Crippen LogP contribution >= 0.6 is 11.6 Å². The Morgan fingerprint density at radius 1 is 1.47 bits per heavy atom. The summed E-state index contributed by atoms with van der Waals surface area (Å²) in [4.78, 5) is 35.2. The Hall–Kier alpha value is -1.34. The van der Waals surface area contributed by atoms with E-state index in [9.17, 15) is 14.4 Å². The highest BCUT2D eigenvalue weighted by atomic mass is 35.5. The number of hydrogen-bond donors (Lipinski definition) is 2. The van der Waals surface area contributed by atoms with E-state index in [1.807, 2.05) is 0 Å². The predicted molar refractivity (Wildman–Crippen MR) is 59.4 cm³/mol. The molecule has 96 valence electrons. The normalized spacial score (nSPS) is 19.8. The minimum absolute atomic E-state index is 0.0405. The summed E-state index contributed by atoms with van der Waals surface area (Å²) >= 11 is 5.36. The lowest BCUT2D eigenvalue weighted by atomic mass is 10.2. The van der Waals surface area contributed by atoms with Crippen molar-refractivity contribution in [1.29, 1.82) is 0 Å². The zero-order valence-corrected chi connectivity index (χ0v) is 9.90. The number of morpholine rings is 1. The third kappa shape index (κ3) is 3.86. The lowest BCUT2D eigenvalue weighted by Gasteiger charge is -2.33. The summed E-state index contributed by atoms with van der Waals surface area (Å²) in [6, 6.07) is -1.49. The van der Waals surface area contributed by atoms with Crippen LogP contribution < -0.4 is 11.1 Å². The molecule has 0 saturated carbocycles. The maximum Gasteiger partial charge on any atom is 0.324 e. The van der Waals surface area contributed by atoms with Gasteiger partial charge in [-0.25, -0.2) is 4.79 Å². The summed E-state index contributed by atoms with van der Waals surface area (Å²) in [5, 5.41) is 2.14. The monoisotopic (exact) mass is 263 g/mol. The van der Waals surface area contributed by atoms with Gasteiger partial charge in [-0.1, -0.05) is 0 Å². The number of nitrogens with two attached hydrogens (primary N) is 1. The number of nitrogens with zero attached hydrogens (tertiary/aromatic N) is 1. The van der Waals surface area contributed by atoms with E-state index in [0.717, 1.165) is 0 Å². The molecule has 1 heterocycles. The highest BCUT2D eigenvalue weighted by molar-refractivity contribution is 6.19. The number of halogens is 1. The third-order valence-electron chi connectivity index (χ3n) is 2.29. The van der Waals surface area contributed by atoms with Crippen molar-refractivity contribution in [1.82, 2.24) is 10.2 Å². The largest absolute Gasteiger partial charge is 0.377 e. The first-order chi connectivity index (χ1) is 8.06. The summed E-state index contributed by atoms with van der Waals surface area (Å²) in [5.41, 5.74) is 5.14. The molecule has 1 fully saturated rings. The summed E-state index contributed by atoms with van der Waals surface area (Å²) < 4.78 is 5.05. The summed E-state index contributed by atoms with van der Waals surface area (Å²) in [7, 11) is 0. The number of rotatable bonds is 3. The standard InChI is InChI=1S/C9H14ClN3O4/c10-2-1-7(14)12-9(16)13-3-4-17-5-6(13)8(11)15/h6H,1-5H2,(H2,11,15)(H,12,14,16). The second-order valence-electron chi connectivity index (χ2n) is 3.48. The molecule has 0 spiro atoms. The molecule has 4 amide bonds. The van der Waals surface area contributed by atoms with Crippen molar-refractivity contribution >= 4 is 29.4 Å². The topological polar surface area (TPSA) is 102 Å². The molecule has 3 N–H and O–H groups in total. The highest BCUT2D eigenvalue weighted by Crippen LogP contribution is 2.06. The van der Waals surface area contributed by atoms with Crippen LogP contribution in [0.4, 0.5) is 4.79 Å². The molecule has 17 heavy (non-hydrogen) atoms. The van der Waals surface area contributed by atoms with Crippen LogP contribution in [0.3, 0.4) is 0 Å². The number of carbonyl (C=O) groups excluding carboxylic acids is 3. The first-order valence-electron chi connectivity index (χ1n) is 5.09. The maximum atomic E-state index is 11.7. The lowest BCUT2D eigenvalue weighted by molar-refractivity contribution is -0.128. The lowest BCUT2D eigenvalue weighted by Crippen LogP contribution is -2.58. The molecular formula is C9H14ClN3O4. The molecule has 0 aromatic heterocycles. The van der Waals surface area contributed by atoms with Gasteiger partial charge in [0, 0.05) is 18.8 Å². The Balaban J connectivity index is 2.59. The fraction of sp³-hybridized carbons (Fsp3) is 0.667. The van der Waals surface area contributed by atoms with Gasteiger partial charge >= 0.3 is 6.03 Å². The van der Waals surface area contributed by atoms with Crippen molar-refractivity contribution in [3.63, 3.8) is 0 Å². The zero-order chi connectivity index (χ0) is 12.8. The van der Waals surface area contributed by atoms with Crippen LogP contribution in [0.15, 0.2) is 0 Å². The van der Waals surface area contributed by atoms with Gasteiger partial charge in [0.05, 0.1) is 13.2 Å². The Kier molecular flexibility index (Phi) is 5.17. The summed E-state index contributed by atoms with van der Waals surface area (Å²) in [5.74, 6) is -1.02. The van der Waals surface area contributed by atoms with Gasteiger partial charge in [-0.05, 0) is 0 Å². The van der Waals surface area contributed by atoms with E-state index in [1.54, 1.807) is 0 Å². The van der Waals surface area contributed by atoms with E-state index < -0.39 is 23.9 Å². The van der Waals surface area contributed by atoms with Crippen LogP contribution in [0.2, 0.25) is 0 Å². The van der Waals surface area contributed by atoms with Crippen molar-refractivity contribution in [3.8, 4) is 0 Å². The van der Waals surface area contributed by atoms with Gasteiger partial charge < -0.3 is 15.4 Å². The van der Waals surface area contributed by atoms with E-state index >= 15 is 0 Å². The first kappa shape index (κ1) is 13.7. The summed E-state index contributed by atoms with van der Waals surface area (Å²) in [6.07, 6.45) is 0.0405. The number of carbonyl (C=O) groups is 3. The fourth-order valence-electron chi connectivity index (χ4n) is 1.42. The zero-order valence-electron chi connectivity index (χ0n) is 9.15. The Morgan fingerprint density at radius 3 is 2.76 bits per heavy atom. The first-order valence-corrected chi connectivity index (χ1v) is 5.63. The minimum Gasteiger partial charge on any atom is -0.377 e. The molecule has 1 aliphatic heterocycles. The average Bonchev–Trinajstić information content (AvgIpc) is 2.29. The van der Waals surface area contributed by atoms with Crippen LogP contribution in [-0.4, -0.2) is 54.4 Å². The highest BCUT2D eigenvalue weighted by Gasteiger charge is 2.31. The molecule has 0 radical (unpaired) electrons. The molecule has 1 aliphatic rings. The predicted octanol–water partition coefficient (Wildman–Crippen LogP) is -0.962. The maximum absolute atomic E-state index is 11.7. The van der Waals surface area contributed by atoms with Gasteiger partial charge in [0.2, 0.25) is 11.8 Å². The number of imide groups is 1. The number of hydrogen-bond acceptors (Lipinski definition) is 4. The number of nitrogens with one attached hydrogen (secondary N) is 1. The molecular weight excluding hydrogens is 250 g/mol. The van der Waals surface area contributed by atoms with Crippen molar-refractivity contribution < 1.29 is 19.1 Å². The molecule has 8 heteroatoms. The molecule has 1 atom stereocenters. The molecule has 0 aromatic rings.